The zero-order valence-electron chi connectivity index (χ0n) is 11.1. The van der Waals surface area contributed by atoms with Gasteiger partial charge in [0.05, 0.1) is 17.8 Å². The van der Waals surface area contributed by atoms with E-state index in [4.69, 9.17) is 10.5 Å². The van der Waals surface area contributed by atoms with E-state index in [1.807, 2.05) is 18.2 Å². The van der Waals surface area contributed by atoms with Gasteiger partial charge < -0.3 is 15.6 Å². The zero-order chi connectivity index (χ0) is 14.2. The maximum Gasteiger partial charge on any atom is 0.285 e. The summed E-state index contributed by atoms with van der Waals surface area (Å²) in [6, 6.07) is 5.60. The van der Waals surface area contributed by atoms with E-state index in [-0.39, 0.29) is 12.4 Å². The second-order valence-corrected chi connectivity index (χ2v) is 5.15. The number of hydrogen-bond donors (Lipinski definition) is 2. The molecule has 1 aliphatic heterocycles. The van der Waals surface area contributed by atoms with Crippen molar-refractivity contribution in [1.29, 1.82) is 0 Å². The van der Waals surface area contributed by atoms with E-state index in [0.29, 0.717) is 26.1 Å². The van der Waals surface area contributed by atoms with Crippen LogP contribution in [0.5, 0.6) is 0 Å². The minimum Gasteiger partial charge on any atom is -0.395 e. The number of carbonyl (C=O) groups excluding carboxylic acids is 1. The molecule has 0 atom stereocenters. The van der Waals surface area contributed by atoms with E-state index in [2.05, 4.69) is 4.98 Å². The number of amides is 1. The predicted octanol–water partition coefficient (Wildman–Crippen LogP) is 0.474. The summed E-state index contributed by atoms with van der Waals surface area (Å²) < 4.78 is 7.06. The average molecular weight is 275 g/mol. The Morgan fingerprint density at radius 1 is 1.45 bits per heavy atom. The smallest absolute Gasteiger partial charge is 0.285 e. The van der Waals surface area contributed by atoms with Crippen molar-refractivity contribution >= 4 is 11.4 Å². The topological polar surface area (TPSA) is 89.9 Å². The molecule has 0 radical (unpaired) electrons. The maximum absolute atomic E-state index is 11.6. The number of carbonyl (C=O) groups is 1. The number of pyridine rings is 1. The SMILES string of the molecule is NC(=O)c1nc(C2(CO)CCOCC2)c2ccccn12. The van der Waals surface area contributed by atoms with Crippen molar-refractivity contribution in [3.8, 4) is 0 Å². The lowest BCUT2D eigenvalue weighted by Crippen LogP contribution is -2.37. The molecule has 1 fully saturated rings. The van der Waals surface area contributed by atoms with Crippen molar-refractivity contribution in [1.82, 2.24) is 9.38 Å². The van der Waals surface area contributed by atoms with Crippen LogP contribution in [0.3, 0.4) is 0 Å². The summed E-state index contributed by atoms with van der Waals surface area (Å²) in [6.45, 7) is 1.15. The van der Waals surface area contributed by atoms with Gasteiger partial charge in [0.25, 0.3) is 5.91 Å². The molecule has 0 saturated carbocycles. The van der Waals surface area contributed by atoms with Gasteiger partial charge in [-0.05, 0) is 25.0 Å². The standard InChI is InChI=1S/C14H17N3O3/c15-12(19)13-16-11(10-3-1-2-6-17(10)13)14(9-18)4-7-20-8-5-14/h1-3,6,18H,4-5,7-9H2,(H2,15,19). The van der Waals surface area contributed by atoms with Crippen molar-refractivity contribution in [2.24, 2.45) is 5.73 Å². The summed E-state index contributed by atoms with van der Waals surface area (Å²) in [4.78, 5) is 16.0. The van der Waals surface area contributed by atoms with E-state index in [9.17, 15) is 9.90 Å². The van der Waals surface area contributed by atoms with Crippen LogP contribution in [0.15, 0.2) is 24.4 Å². The summed E-state index contributed by atoms with van der Waals surface area (Å²) in [6.07, 6.45) is 3.13. The third-order valence-electron chi connectivity index (χ3n) is 4.02. The van der Waals surface area contributed by atoms with E-state index in [0.717, 1.165) is 11.2 Å². The third-order valence-corrected chi connectivity index (χ3v) is 4.02. The molecule has 106 valence electrons. The zero-order valence-corrected chi connectivity index (χ0v) is 11.1. The highest BCUT2D eigenvalue weighted by Crippen LogP contribution is 2.36. The quantitative estimate of drug-likeness (QED) is 0.852. The molecule has 3 rings (SSSR count). The van der Waals surface area contributed by atoms with Crippen molar-refractivity contribution in [3.05, 3.63) is 35.9 Å². The van der Waals surface area contributed by atoms with E-state index < -0.39 is 11.3 Å². The van der Waals surface area contributed by atoms with Crippen molar-refractivity contribution in [2.45, 2.75) is 18.3 Å². The fraction of sp³-hybridized carbons (Fsp3) is 0.429. The highest BCUT2D eigenvalue weighted by Gasteiger charge is 2.38. The number of ether oxygens (including phenoxy) is 1. The number of imidazole rings is 1. The molecule has 0 aromatic carbocycles. The minimum absolute atomic E-state index is 0.0177. The number of nitrogens with two attached hydrogens (primary N) is 1. The van der Waals surface area contributed by atoms with Crippen molar-refractivity contribution in [3.63, 3.8) is 0 Å². The number of fused-ring (bicyclic) bond motifs is 1. The largest absolute Gasteiger partial charge is 0.395 e. The number of hydrogen-bond acceptors (Lipinski definition) is 4. The number of nitrogens with zero attached hydrogens (tertiary/aromatic N) is 2. The molecule has 1 saturated heterocycles. The number of primary amides is 1. The molecular formula is C14H17N3O3. The molecule has 2 aromatic rings. The third kappa shape index (κ3) is 1.88. The number of aliphatic hydroxyl groups is 1. The van der Waals surface area contributed by atoms with Gasteiger partial charge in [-0.25, -0.2) is 4.98 Å². The fourth-order valence-corrected chi connectivity index (χ4v) is 2.83. The van der Waals surface area contributed by atoms with Gasteiger partial charge in [0.2, 0.25) is 5.82 Å². The molecule has 1 amide bonds. The summed E-state index contributed by atoms with van der Waals surface area (Å²) in [5, 5.41) is 9.88. The first-order valence-corrected chi connectivity index (χ1v) is 6.64. The monoisotopic (exact) mass is 275 g/mol. The van der Waals surface area contributed by atoms with Gasteiger partial charge in [0.1, 0.15) is 0 Å². The van der Waals surface area contributed by atoms with Gasteiger partial charge in [0, 0.05) is 24.8 Å². The van der Waals surface area contributed by atoms with Crippen LogP contribution in [-0.2, 0) is 10.2 Å². The van der Waals surface area contributed by atoms with Crippen LogP contribution in [0.25, 0.3) is 5.52 Å². The Labute approximate surface area is 116 Å². The lowest BCUT2D eigenvalue weighted by atomic mass is 9.77. The lowest BCUT2D eigenvalue weighted by molar-refractivity contribution is 0.0243. The van der Waals surface area contributed by atoms with Crippen LogP contribution in [0, 0.1) is 0 Å². The van der Waals surface area contributed by atoms with Crippen molar-refractivity contribution < 1.29 is 14.6 Å². The van der Waals surface area contributed by atoms with E-state index in [1.54, 1.807) is 10.6 Å². The molecule has 3 N–H and O–H groups in total. The summed E-state index contributed by atoms with van der Waals surface area (Å²) in [5.74, 6) is -0.368. The maximum atomic E-state index is 11.6. The number of aliphatic hydroxyl groups excluding tert-OH is 1. The molecule has 6 nitrogen and oxygen atoms in total. The Morgan fingerprint density at radius 2 is 2.20 bits per heavy atom. The van der Waals surface area contributed by atoms with Crippen LogP contribution >= 0.6 is 0 Å². The molecule has 0 spiro atoms. The lowest BCUT2D eigenvalue weighted by Gasteiger charge is -2.34. The first kappa shape index (κ1) is 13.1. The van der Waals surface area contributed by atoms with Gasteiger partial charge >= 0.3 is 0 Å². The highest BCUT2D eigenvalue weighted by molar-refractivity contribution is 5.90. The second-order valence-electron chi connectivity index (χ2n) is 5.15. The molecule has 0 aliphatic carbocycles. The molecule has 0 unspecified atom stereocenters. The van der Waals surface area contributed by atoms with Gasteiger partial charge in [-0.2, -0.15) is 0 Å². The average Bonchev–Trinajstić information content (AvgIpc) is 2.88. The van der Waals surface area contributed by atoms with Crippen LogP contribution < -0.4 is 5.73 Å². The molecule has 20 heavy (non-hydrogen) atoms. The van der Waals surface area contributed by atoms with Crippen LogP contribution in [0.2, 0.25) is 0 Å². The molecule has 2 aromatic heterocycles. The number of aromatic nitrogens is 2. The molecule has 0 bridgehead atoms. The first-order valence-electron chi connectivity index (χ1n) is 6.64. The molecular weight excluding hydrogens is 258 g/mol. The Balaban J connectivity index is 2.22. The van der Waals surface area contributed by atoms with Gasteiger partial charge in [-0.15, -0.1) is 0 Å². The fourth-order valence-electron chi connectivity index (χ4n) is 2.83. The van der Waals surface area contributed by atoms with Crippen LogP contribution in [0.4, 0.5) is 0 Å². The van der Waals surface area contributed by atoms with Gasteiger partial charge in [-0.3, -0.25) is 9.20 Å². The number of rotatable bonds is 3. The second kappa shape index (κ2) is 4.88. The summed E-state index contributed by atoms with van der Waals surface area (Å²) >= 11 is 0. The first-order chi connectivity index (χ1) is 9.68. The van der Waals surface area contributed by atoms with Gasteiger partial charge in [-0.1, -0.05) is 6.07 Å². The molecule has 3 heterocycles. The van der Waals surface area contributed by atoms with Gasteiger partial charge in [0.15, 0.2) is 0 Å². The Hall–Kier alpha value is -1.92. The molecule has 6 heteroatoms. The van der Waals surface area contributed by atoms with Crippen LogP contribution in [0.1, 0.15) is 29.2 Å². The Bertz CT molecular complexity index is 644. The molecule has 1 aliphatic rings. The summed E-state index contributed by atoms with van der Waals surface area (Å²) in [5.41, 5.74) is 6.49. The Kier molecular flexibility index (Phi) is 3.19. The van der Waals surface area contributed by atoms with Crippen LogP contribution in [-0.4, -0.2) is 40.2 Å². The Morgan fingerprint density at radius 3 is 2.85 bits per heavy atom. The predicted molar refractivity (Wildman–Crippen MR) is 72.5 cm³/mol. The van der Waals surface area contributed by atoms with E-state index in [1.165, 1.54) is 0 Å². The summed E-state index contributed by atoms with van der Waals surface area (Å²) in [7, 11) is 0. The normalized spacial score (nSPS) is 18.2. The van der Waals surface area contributed by atoms with Crippen molar-refractivity contribution in [2.75, 3.05) is 19.8 Å². The van der Waals surface area contributed by atoms with E-state index >= 15 is 0 Å². The minimum atomic E-state index is -0.572. The highest BCUT2D eigenvalue weighted by atomic mass is 16.5.